The average Bonchev–Trinajstić information content (AvgIpc) is 3.46. The predicted octanol–water partition coefficient (Wildman–Crippen LogP) is 1.98. The molecule has 1 spiro atoms. The summed E-state index contributed by atoms with van der Waals surface area (Å²) in [5, 5.41) is 9.28. The summed E-state index contributed by atoms with van der Waals surface area (Å²) in [7, 11) is 1.71. The van der Waals surface area contributed by atoms with Crippen LogP contribution in [0.1, 0.15) is 51.9 Å². The van der Waals surface area contributed by atoms with Crippen LogP contribution in [0.25, 0.3) is 0 Å². The number of hydrogen-bond donors (Lipinski definition) is 1. The van der Waals surface area contributed by atoms with Crippen molar-refractivity contribution in [2.75, 3.05) is 39.8 Å². The zero-order valence-electron chi connectivity index (χ0n) is 20.8. The van der Waals surface area contributed by atoms with Crippen molar-refractivity contribution in [1.82, 2.24) is 14.7 Å². The van der Waals surface area contributed by atoms with E-state index in [0.717, 1.165) is 19.3 Å². The van der Waals surface area contributed by atoms with Crippen LogP contribution in [-0.4, -0.2) is 95.1 Å². The number of unbranched alkanes of at least 4 members (excludes halogenated alkanes) is 3. The summed E-state index contributed by atoms with van der Waals surface area (Å²) < 4.78 is 6.48. The second-order valence-electron chi connectivity index (χ2n) is 9.81. The van der Waals surface area contributed by atoms with Gasteiger partial charge in [-0.2, -0.15) is 0 Å². The van der Waals surface area contributed by atoms with Gasteiger partial charge in [0.1, 0.15) is 11.6 Å². The van der Waals surface area contributed by atoms with Crippen molar-refractivity contribution >= 4 is 17.7 Å². The third-order valence-corrected chi connectivity index (χ3v) is 7.60. The number of carbonyl (C=O) groups is 3. The van der Waals surface area contributed by atoms with E-state index in [-0.39, 0.29) is 30.4 Å². The Morgan fingerprint density at radius 2 is 1.91 bits per heavy atom. The van der Waals surface area contributed by atoms with Crippen LogP contribution in [0.5, 0.6) is 0 Å². The Morgan fingerprint density at radius 1 is 1.18 bits per heavy atom. The first-order valence-corrected chi connectivity index (χ1v) is 12.7. The fourth-order valence-electron chi connectivity index (χ4n) is 6.06. The number of aliphatic hydroxyl groups excluding tert-OH is 1. The minimum Gasteiger partial charge on any atom is -0.396 e. The second kappa shape index (κ2) is 11.5. The van der Waals surface area contributed by atoms with E-state index in [2.05, 4.69) is 20.1 Å². The van der Waals surface area contributed by atoms with Crippen molar-refractivity contribution in [3.63, 3.8) is 0 Å². The summed E-state index contributed by atoms with van der Waals surface area (Å²) in [5.41, 5.74) is -0.975. The van der Waals surface area contributed by atoms with Gasteiger partial charge in [-0.15, -0.1) is 13.2 Å². The molecule has 0 aromatic rings. The molecule has 0 saturated carbocycles. The number of likely N-dealkylation sites (N-methyl/N-ethyl adjacent to an activating group) is 1. The molecule has 190 valence electrons. The molecule has 3 aliphatic heterocycles. The number of ether oxygens (including phenoxy) is 1. The van der Waals surface area contributed by atoms with Crippen molar-refractivity contribution in [3.8, 4) is 0 Å². The highest BCUT2D eigenvalue weighted by atomic mass is 16.5. The van der Waals surface area contributed by atoms with Crippen LogP contribution in [-0.2, 0) is 19.1 Å². The molecule has 2 unspecified atom stereocenters. The number of carbonyl (C=O) groups excluding carboxylic acids is 3. The van der Waals surface area contributed by atoms with E-state index in [1.165, 1.54) is 0 Å². The first-order chi connectivity index (χ1) is 16.4. The van der Waals surface area contributed by atoms with Gasteiger partial charge in [0, 0.05) is 39.8 Å². The molecular formula is C26H41N3O5. The molecule has 3 aliphatic rings. The molecule has 34 heavy (non-hydrogen) atoms. The van der Waals surface area contributed by atoms with Gasteiger partial charge in [-0.25, -0.2) is 0 Å². The molecule has 0 radical (unpaired) electrons. The monoisotopic (exact) mass is 475 g/mol. The highest BCUT2D eigenvalue weighted by Crippen LogP contribution is 2.58. The normalized spacial score (nSPS) is 29.3. The first kappa shape index (κ1) is 26.4. The molecule has 3 heterocycles. The summed E-state index contributed by atoms with van der Waals surface area (Å²) in [5.74, 6) is -1.66. The lowest BCUT2D eigenvalue weighted by molar-refractivity contribution is -0.148. The van der Waals surface area contributed by atoms with Gasteiger partial charge in [0.25, 0.3) is 0 Å². The number of rotatable bonds is 14. The highest BCUT2D eigenvalue weighted by molar-refractivity contribution is 5.99. The zero-order chi connectivity index (χ0) is 24.9. The third kappa shape index (κ3) is 4.67. The van der Waals surface area contributed by atoms with Crippen molar-refractivity contribution in [2.24, 2.45) is 11.8 Å². The molecule has 0 aromatic carbocycles. The minimum atomic E-state index is -0.975. The zero-order valence-corrected chi connectivity index (χ0v) is 20.8. The Labute approximate surface area is 203 Å². The van der Waals surface area contributed by atoms with Crippen LogP contribution in [0.2, 0.25) is 0 Å². The van der Waals surface area contributed by atoms with E-state index in [9.17, 15) is 19.5 Å². The third-order valence-electron chi connectivity index (χ3n) is 7.60. The molecule has 3 rings (SSSR count). The maximum absolute atomic E-state index is 14.0. The molecule has 8 heteroatoms. The van der Waals surface area contributed by atoms with Crippen molar-refractivity contribution in [2.45, 2.75) is 69.6 Å². The molecule has 3 amide bonds. The number of aliphatic hydroxyl groups is 1. The Hall–Kier alpha value is -2.19. The van der Waals surface area contributed by atoms with Gasteiger partial charge < -0.3 is 24.5 Å². The van der Waals surface area contributed by atoms with Gasteiger partial charge in [0.05, 0.1) is 17.9 Å². The number of amides is 3. The van der Waals surface area contributed by atoms with Crippen LogP contribution in [0.3, 0.4) is 0 Å². The van der Waals surface area contributed by atoms with E-state index >= 15 is 0 Å². The summed E-state index contributed by atoms with van der Waals surface area (Å²) >= 11 is 0. The predicted molar refractivity (Wildman–Crippen MR) is 130 cm³/mol. The second-order valence-corrected chi connectivity index (χ2v) is 9.81. The molecule has 0 aliphatic carbocycles. The molecule has 1 N–H and O–H groups in total. The van der Waals surface area contributed by atoms with Gasteiger partial charge >= 0.3 is 0 Å². The number of nitrogens with zero attached hydrogens (tertiary/aromatic N) is 3. The topological polar surface area (TPSA) is 90.4 Å². The maximum atomic E-state index is 14.0. The standard InChI is InChI=1S/C26H41N3O5/c1-5-8-9-16-28(15-7-3)25(33)22-26-13-12-19(34-26)20(23(31)27(4)14-6-2)21(26)24(32)29(22)17-10-11-18-30/h6-7,19-22,30H,2-3,5,8-18H2,1,4H3/t19-,20+,21+,22?,26?/m1/s1. The largest absolute Gasteiger partial charge is 0.396 e. The Bertz CT molecular complexity index is 786. The van der Waals surface area contributed by atoms with E-state index in [4.69, 9.17) is 4.74 Å². The molecular weight excluding hydrogens is 434 g/mol. The van der Waals surface area contributed by atoms with Crippen molar-refractivity contribution < 1.29 is 24.2 Å². The van der Waals surface area contributed by atoms with E-state index in [1.807, 2.05) is 0 Å². The van der Waals surface area contributed by atoms with E-state index in [1.54, 1.807) is 33.9 Å². The van der Waals surface area contributed by atoms with E-state index < -0.39 is 23.5 Å². The lowest BCUT2D eigenvalue weighted by Gasteiger charge is -2.37. The summed E-state index contributed by atoms with van der Waals surface area (Å²) in [6.45, 7) is 11.5. The fraction of sp³-hybridized carbons (Fsp3) is 0.731. The van der Waals surface area contributed by atoms with Crippen molar-refractivity contribution in [1.29, 1.82) is 0 Å². The lowest BCUT2D eigenvalue weighted by Crippen LogP contribution is -2.56. The summed E-state index contributed by atoms with van der Waals surface area (Å²) in [6, 6.07) is -0.752. The van der Waals surface area contributed by atoms with Gasteiger partial charge in [-0.1, -0.05) is 31.9 Å². The number of likely N-dealkylation sites (tertiary alicyclic amines) is 1. The van der Waals surface area contributed by atoms with Crippen molar-refractivity contribution in [3.05, 3.63) is 25.3 Å². The molecule has 3 saturated heterocycles. The van der Waals surface area contributed by atoms with Crippen LogP contribution < -0.4 is 0 Å². The SMILES string of the molecule is C=CCN(C)C(=O)[C@@H]1[C@H]2C(=O)N(CCCCO)C(C(=O)N(CC=C)CCCCC)C23CC[C@H]1O3. The van der Waals surface area contributed by atoms with E-state index in [0.29, 0.717) is 51.9 Å². The lowest BCUT2D eigenvalue weighted by atomic mass is 9.70. The Morgan fingerprint density at radius 3 is 2.56 bits per heavy atom. The first-order valence-electron chi connectivity index (χ1n) is 12.7. The maximum Gasteiger partial charge on any atom is 0.248 e. The smallest absolute Gasteiger partial charge is 0.248 e. The van der Waals surface area contributed by atoms with Gasteiger partial charge in [0.2, 0.25) is 17.7 Å². The molecule has 3 fully saturated rings. The van der Waals surface area contributed by atoms with Gasteiger partial charge in [0.15, 0.2) is 0 Å². The molecule has 2 bridgehead atoms. The Balaban J connectivity index is 1.95. The Kier molecular flexibility index (Phi) is 8.93. The van der Waals surface area contributed by atoms with Gasteiger partial charge in [-0.3, -0.25) is 14.4 Å². The molecule has 0 aromatic heterocycles. The number of hydrogen-bond acceptors (Lipinski definition) is 5. The fourth-order valence-corrected chi connectivity index (χ4v) is 6.06. The average molecular weight is 476 g/mol. The van der Waals surface area contributed by atoms with Crippen LogP contribution >= 0.6 is 0 Å². The van der Waals surface area contributed by atoms with Gasteiger partial charge in [-0.05, 0) is 32.1 Å². The highest BCUT2D eigenvalue weighted by Gasteiger charge is 2.74. The van der Waals surface area contributed by atoms with Crippen LogP contribution in [0, 0.1) is 11.8 Å². The van der Waals surface area contributed by atoms with Crippen LogP contribution in [0.15, 0.2) is 25.3 Å². The quantitative estimate of drug-likeness (QED) is 0.307. The molecule has 8 nitrogen and oxygen atoms in total. The summed E-state index contributed by atoms with van der Waals surface area (Å²) in [4.78, 5) is 46.2. The molecule has 5 atom stereocenters. The number of fused-ring (bicyclic) bond motifs is 1. The van der Waals surface area contributed by atoms with Crippen LogP contribution in [0.4, 0.5) is 0 Å². The summed E-state index contributed by atoms with van der Waals surface area (Å²) in [6.07, 6.45) is 8.36. The minimum absolute atomic E-state index is 0.0286.